The van der Waals surface area contributed by atoms with Gasteiger partial charge in [0.15, 0.2) is 55.2 Å². The molecule has 4 aromatic rings. The van der Waals surface area contributed by atoms with E-state index in [0.717, 1.165) is 0 Å². The molecule has 1 heterocycles. The highest BCUT2D eigenvalue weighted by Gasteiger charge is 2.45. The molecule has 0 radical (unpaired) electrons. The van der Waals surface area contributed by atoms with Crippen molar-refractivity contribution >= 4 is 80.6 Å². The van der Waals surface area contributed by atoms with Gasteiger partial charge in [0.25, 0.3) is 0 Å². The van der Waals surface area contributed by atoms with E-state index in [-0.39, 0.29) is 0 Å². The Hall–Kier alpha value is -3.35. The zero-order valence-electron chi connectivity index (χ0n) is 20.2. The molecular weight excluding hydrogens is 754 g/mol. The van der Waals surface area contributed by atoms with Crippen LogP contribution in [-0.4, -0.2) is 29.2 Å². The Morgan fingerprint density at radius 1 is 0.413 bits per heavy atom. The molecule has 0 N–H and O–H groups in total. The van der Waals surface area contributed by atoms with E-state index in [2.05, 4.69) is 4.42 Å². The predicted molar refractivity (Wildman–Crippen MR) is 122 cm³/mol. The molecule has 1 aromatic heterocycles. The summed E-state index contributed by atoms with van der Waals surface area (Å²) in [6, 6.07) is 0. The molecule has 0 aliphatic heterocycles. The van der Waals surface area contributed by atoms with Gasteiger partial charge >= 0.3 is 16.5 Å². The van der Waals surface area contributed by atoms with Crippen LogP contribution in [-0.2, 0) is 32.4 Å². The molecule has 0 amide bonds. The van der Waals surface area contributed by atoms with Gasteiger partial charge in [-0.25, -0.2) is 39.0 Å². The van der Waals surface area contributed by atoms with E-state index in [1.165, 1.54) is 0 Å². The third-order valence-electron chi connectivity index (χ3n) is 5.71. The molecule has 0 spiro atoms. The van der Waals surface area contributed by atoms with Crippen LogP contribution in [0.2, 0.25) is 0 Å². The average molecular weight is 754 g/mol. The number of hydrogen-bond donors (Lipinski definition) is 0. The fraction of sp³-hybridized carbons (Fsp3) is 0.143. The standard InChI is InChI=1S/C21F18O4S3/c22-8-1-2(9(23)5(8)16(28)44(40)19(31,32)33)4-11(25)7(18(30)46(42)21(37,38)39)13(27)15(4)43-14-3(1)10(24)6(12(14)26)17(29)45(41)20(34,35)36/b16-5?,17-6-,18-7+. The molecule has 0 aliphatic rings. The molecule has 3 atom stereocenters. The van der Waals surface area contributed by atoms with Gasteiger partial charge in [-0.15, -0.1) is 0 Å². The van der Waals surface area contributed by atoms with Crippen molar-refractivity contribution in [3.05, 3.63) is 50.6 Å². The number of rotatable bonds is 3. The van der Waals surface area contributed by atoms with Crippen LogP contribution in [0.25, 0.3) is 48.2 Å². The lowest BCUT2D eigenvalue weighted by Gasteiger charge is -2.02. The van der Waals surface area contributed by atoms with Crippen molar-refractivity contribution in [1.82, 2.24) is 0 Å². The van der Waals surface area contributed by atoms with Crippen LogP contribution in [0.1, 0.15) is 0 Å². The summed E-state index contributed by atoms with van der Waals surface area (Å²) >= 11 is 0. The maximum absolute atomic E-state index is 15.5. The molecule has 25 heteroatoms. The zero-order valence-corrected chi connectivity index (χ0v) is 22.6. The fourth-order valence-electron chi connectivity index (χ4n) is 3.96. The number of alkyl halides is 9. The smallest absolute Gasteiger partial charge is 0.450 e. The summed E-state index contributed by atoms with van der Waals surface area (Å²) in [6.07, 6.45) is 0. The largest absolute Gasteiger partial charge is 0.478 e. The van der Waals surface area contributed by atoms with Gasteiger partial charge < -0.3 is 4.42 Å². The van der Waals surface area contributed by atoms with Crippen molar-refractivity contribution in [1.29, 1.82) is 0 Å². The third-order valence-corrected chi connectivity index (χ3v) is 8.56. The predicted octanol–water partition coefficient (Wildman–Crippen LogP) is 6.20. The first kappa shape index (κ1) is 35.5. The molecule has 3 unspecified atom stereocenters. The second kappa shape index (κ2) is 11.1. The van der Waals surface area contributed by atoms with Crippen LogP contribution in [0.3, 0.4) is 0 Å². The van der Waals surface area contributed by atoms with Crippen LogP contribution in [0.15, 0.2) is 4.42 Å². The molecule has 252 valence electrons. The Labute approximate surface area is 243 Å². The van der Waals surface area contributed by atoms with Gasteiger partial charge in [0.1, 0.15) is 23.3 Å². The van der Waals surface area contributed by atoms with E-state index in [9.17, 15) is 65.3 Å². The van der Waals surface area contributed by atoms with Crippen LogP contribution in [0.4, 0.5) is 79.0 Å². The highest BCUT2D eigenvalue weighted by atomic mass is 32.2. The molecule has 4 rings (SSSR count). The Morgan fingerprint density at radius 2 is 0.630 bits per heavy atom. The topological polar surface area (TPSA) is 64.3 Å². The van der Waals surface area contributed by atoms with Crippen LogP contribution >= 0.6 is 0 Å². The minimum Gasteiger partial charge on any atom is -0.450 e. The first-order chi connectivity index (χ1) is 20.8. The fourth-order valence-corrected chi connectivity index (χ4v) is 5.67. The van der Waals surface area contributed by atoms with E-state index in [0.29, 0.717) is 0 Å². The molecule has 0 saturated carbocycles. The lowest BCUT2D eigenvalue weighted by molar-refractivity contribution is -0.0382. The first-order valence-electron chi connectivity index (χ1n) is 10.5. The Bertz CT molecular complexity index is 2130. The summed E-state index contributed by atoms with van der Waals surface area (Å²) in [4.78, 5) is 0. The summed E-state index contributed by atoms with van der Waals surface area (Å²) in [5.74, 6) is -17.6. The molecular formula is C21F18O4S3. The molecule has 46 heavy (non-hydrogen) atoms. The quantitative estimate of drug-likeness (QED) is 0.234. The van der Waals surface area contributed by atoms with Gasteiger partial charge in [0.05, 0.1) is 26.4 Å². The van der Waals surface area contributed by atoms with Gasteiger partial charge in [0, 0.05) is 10.8 Å². The maximum atomic E-state index is 15.5. The van der Waals surface area contributed by atoms with Crippen molar-refractivity contribution in [3.8, 4) is 0 Å². The highest BCUT2D eigenvalue weighted by molar-refractivity contribution is 7.95. The summed E-state index contributed by atoms with van der Waals surface area (Å²) in [5.41, 5.74) is -23.3. The second-order valence-electron chi connectivity index (χ2n) is 8.23. The molecule has 0 bridgehead atoms. The summed E-state index contributed by atoms with van der Waals surface area (Å²) in [7, 11) is -15.1. The van der Waals surface area contributed by atoms with Gasteiger partial charge in [-0.3, -0.25) is 0 Å². The second-order valence-corrected chi connectivity index (χ2v) is 12.3. The van der Waals surface area contributed by atoms with Crippen molar-refractivity contribution in [3.63, 3.8) is 0 Å². The minimum absolute atomic E-state index is 2.30. The number of hydrogen-bond acceptors (Lipinski definition) is 4. The molecule has 0 saturated heterocycles. The van der Waals surface area contributed by atoms with Crippen LogP contribution in [0, 0.1) is 34.9 Å². The molecule has 0 aliphatic carbocycles. The molecule has 0 fully saturated rings. The highest BCUT2D eigenvalue weighted by Crippen LogP contribution is 2.40. The minimum atomic E-state index is -6.20. The zero-order chi connectivity index (χ0) is 35.3. The Balaban J connectivity index is 2.53. The summed E-state index contributed by atoms with van der Waals surface area (Å²) < 4.78 is 290. The van der Waals surface area contributed by atoms with Gasteiger partial charge in [0.2, 0.25) is 15.5 Å². The van der Waals surface area contributed by atoms with Gasteiger partial charge in [-0.05, 0) is 0 Å². The van der Waals surface area contributed by atoms with E-state index >= 15 is 26.3 Å². The van der Waals surface area contributed by atoms with E-state index in [1.807, 2.05) is 0 Å². The van der Waals surface area contributed by atoms with Gasteiger partial charge in [-0.1, -0.05) is 0 Å². The summed E-state index contributed by atoms with van der Waals surface area (Å²) in [6.45, 7) is 0. The molecule has 4 nitrogen and oxygen atoms in total. The van der Waals surface area contributed by atoms with Crippen molar-refractivity contribution in [2.75, 3.05) is 0 Å². The third kappa shape index (κ3) is 5.22. The van der Waals surface area contributed by atoms with E-state index in [4.69, 9.17) is 0 Å². The first-order valence-corrected chi connectivity index (χ1v) is 14.0. The van der Waals surface area contributed by atoms with Crippen LogP contribution in [0.5, 0.6) is 0 Å². The maximum Gasteiger partial charge on any atom is 0.478 e. The Morgan fingerprint density at radius 3 is 0.870 bits per heavy atom. The van der Waals surface area contributed by atoms with Gasteiger partial charge in [-0.2, -0.15) is 52.7 Å². The lowest BCUT2D eigenvalue weighted by Crippen LogP contribution is -2.22. The SMILES string of the molecule is O=S(C(F)=c1c(F)c2c3c(F)/c(=C(\F)S(=O)C(F)(F)F)c(F)c3oc3c(F)/c(=C(\F)S(=O)C(F)(F)F)c(F)c3c2c1F)C(F)(F)F. The van der Waals surface area contributed by atoms with Crippen molar-refractivity contribution in [2.45, 2.75) is 16.5 Å². The average Bonchev–Trinajstić information content (AvgIpc) is 3.35. The van der Waals surface area contributed by atoms with Crippen LogP contribution < -0.4 is 15.7 Å². The Kier molecular flexibility index (Phi) is 8.59. The monoisotopic (exact) mass is 754 g/mol. The van der Waals surface area contributed by atoms with E-state index in [1.54, 1.807) is 0 Å². The van der Waals surface area contributed by atoms with E-state index < -0.39 is 148 Å². The molecule has 3 aromatic carbocycles. The van der Waals surface area contributed by atoms with Crippen molar-refractivity contribution in [2.24, 2.45) is 0 Å². The normalized spacial score (nSPS) is 17.5. The number of halogens is 18. The summed E-state index contributed by atoms with van der Waals surface area (Å²) in [5, 5.41) is -27.7. The lowest BCUT2D eigenvalue weighted by atomic mass is 10.1. The van der Waals surface area contributed by atoms with Crippen molar-refractivity contribution < 1.29 is 96.1 Å². The number of fused-ring (bicyclic) bond motifs is 5.